The summed E-state index contributed by atoms with van der Waals surface area (Å²) in [6.45, 7) is 39.1. The minimum Gasteiger partial charge on any atom is -0.508 e. The molecule has 0 aromatic heterocycles. The summed E-state index contributed by atoms with van der Waals surface area (Å²) in [6.07, 6.45) is 1.08. The number of aryl methyl sites for hydroxylation is 3. The van der Waals surface area contributed by atoms with Crippen LogP contribution in [0.25, 0.3) is 86.9 Å². The van der Waals surface area contributed by atoms with Gasteiger partial charge in [0.15, 0.2) is 0 Å². The third kappa shape index (κ3) is 23.0. The van der Waals surface area contributed by atoms with Crippen LogP contribution in [0.4, 0.5) is 0 Å². The highest BCUT2D eigenvalue weighted by Gasteiger charge is 2.57. The number of fused-ring (bicyclic) bond motifs is 12. The van der Waals surface area contributed by atoms with Crippen molar-refractivity contribution >= 4 is 258 Å². The molecular formula is C125H117B4Br9O11. The van der Waals surface area contributed by atoms with E-state index in [4.69, 9.17) is 37.2 Å². The highest BCUT2D eigenvalue weighted by molar-refractivity contribution is 9.12. The zero-order chi connectivity index (χ0) is 107. The van der Waals surface area contributed by atoms with Gasteiger partial charge in [0.05, 0.1) is 59.2 Å². The number of halogens is 9. The Kier molecular flexibility index (Phi) is 33.3. The number of phenols is 3. The Morgan fingerprint density at radius 1 is 0.235 bits per heavy atom. The van der Waals surface area contributed by atoms with E-state index in [9.17, 15) is 15.3 Å². The maximum atomic E-state index is 10.2. The highest BCUT2D eigenvalue weighted by atomic mass is 79.9. The van der Waals surface area contributed by atoms with Gasteiger partial charge in [-0.1, -0.05) is 345 Å². The summed E-state index contributed by atoms with van der Waals surface area (Å²) in [5, 5.41) is 43.1. The maximum absolute atomic E-state index is 10.2. The van der Waals surface area contributed by atoms with Gasteiger partial charge in [-0.05, 0) is 418 Å². The molecule has 4 heterocycles. The molecule has 149 heavy (non-hydrogen) atoms. The Morgan fingerprint density at radius 3 is 0.946 bits per heavy atom. The first-order chi connectivity index (χ1) is 70.5. The van der Waals surface area contributed by atoms with Gasteiger partial charge in [0.25, 0.3) is 0 Å². The molecule has 0 radical (unpaired) electrons. The van der Waals surface area contributed by atoms with Crippen molar-refractivity contribution < 1.29 is 52.6 Å². The van der Waals surface area contributed by atoms with Crippen LogP contribution < -0.4 is 21.9 Å². The van der Waals surface area contributed by atoms with Gasteiger partial charge in [-0.25, -0.2) is 0 Å². The van der Waals surface area contributed by atoms with E-state index >= 15 is 0 Å². The fourth-order valence-electron chi connectivity index (χ4n) is 19.4. The average molecular weight is 2560 g/mol. The molecule has 2 aliphatic carbocycles. The van der Waals surface area contributed by atoms with Gasteiger partial charge >= 0.3 is 28.5 Å². The molecule has 0 saturated carbocycles. The summed E-state index contributed by atoms with van der Waals surface area (Å²) >= 11 is 31.5. The normalized spacial score (nSPS) is 16.7. The molecular weight excluding hydrogens is 2440 g/mol. The summed E-state index contributed by atoms with van der Waals surface area (Å²) in [7, 11) is -1.89. The van der Waals surface area contributed by atoms with Crippen LogP contribution in [0.3, 0.4) is 0 Å². The minimum atomic E-state index is -0.543. The maximum Gasteiger partial charge on any atom is 0.495 e. The molecule has 758 valence electrons. The van der Waals surface area contributed by atoms with Gasteiger partial charge in [0.2, 0.25) is 0 Å². The first-order valence-corrected chi connectivity index (χ1v) is 56.8. The molecule has 4 aliphatic heterocycles. The number of phenolic OH excluding ortho intramolecular Hbond substituents is 3. The number of hydrogen-bond donors (Lipinski definition) is 3. The van der Waals surface area contributed by atoms with Crippen LogP contribution in [-0.2, 0) is 49.1 Å². The van der Waals surface area contributed by atoms with Gasteiger partial charge in [0, 0.05) is 42.1 Å². The zero-order valence-corrected chi connectivity index (χ0v) is 101. The van der Waals surface area contributed by atoms with Gasteiger partial charge in [-0.15, -0.1) is 0 Å². The third-order valence-corrected chi connectivity index (χ3v) is 36.2. The van der Waals surface area contributed by atoms with Crippen LogP contribution in [0, 0.1) is 20.8 Å². The molecule has 3 N–H and O–H groups in total. The Balaban J connectivity index is 0.000000118. The molecule has 0 spiro atoms. The fraction of sp³-hybridized carbons (Fsp3) is 0.232. The van der Waals surface area contributed by atoms with E-state index in [1.54, 1.807) is 36.4 Å². The second-order valence-electron chi connectivity index (χ2n) is 42.5. The topological polar surface area (TPSA) is 135 Å². The number of rotatable bonds is 6. The van der Waals surface area contributed by atoms with E-state index in [1.165, 1.54) is 129 Å². The molecule has 4 fully saturated rings. The third-order valence-electron chi connectivity index (χ3n) is 30.3. The zero-order valence-electron chi connectivity index (χ0n) is 86.8. The molecule has 0 bridgehead atoms. The molecule has 18 aromatic rings. The van der Waals surface area contributed by atoms with Crippen molar-refractivity contribution in [2.45, 2.75) is 188 Å². The molecule has 24 rings (SSSR count). The van der Waals surface area contributed by atoms with Gasteiger partial charge in [-0.2, -0.15) is 0 Å². The number of aromatic hydroxyl groups is 3. The smallest absolute Gasteiger partial charge is 0.495 e. The first kappa shape index (κ1) is 111. The van der Waals surface area contributed by atoms with E-state index in [-0.39, 0.29) is 45.1 Å². The van der Waals surface area contributed by atoms with Crippen LogP contribution >= 0.6 is 143 Å². The van der Waals surface area contributed by atoms with Crippen LogP contribution in [-0.4, -0.2) is 88.6 Å². The highest BCUT2D eigenvalue weighted by Crippen LogP contribution is 2.58. The standard InChI is InChI=1S/C26H19Br.C22H30B2O4.C18H28B2O5.C14H8Br2.C14H11Br.C11H9Br.C10H6Br2O2.C10H6Br2/c1-18-12-14-22-23-15-13-21(27)17-25(23)26(24(22)16-18,19-8-4-2-5-9-19)20-10-6-3-7-11-20;1-19(2)20(3,4)26-23(25-19)17-13-14-18(16-12-10-9-11-15(16)17)24-27-21(5,6)22(7,8)28-24;1-15(2)16(3,4)23-19(22-15)12-9-13(11-14(21)10-12)20-24-17(5,6)18(7,8)25-20;15-13-9-5-1-2-6-10(9)14(16)12-8-4-3-7-11(12)13;1-9-2-4-13-10(6-9)7-11-8-12(15)3-5-14(11)13;1-8-2-3-10-7-11(12)5-4-9(10)6-8;11-7-3-1-5-6(10(7)14)2-4-8(12)9(5)13;11-9-5-6-10(12)8-4-2-1-3-7(8)9/h2-17H,1H3;9-14H,1-8H3;9-11,21H,1-8H3;1-8H;2-6,8H,7H2,1H3;2-7H,1H3;1-4,13-14H;1-6H. The average Bonchev–Trinajstić information content (AvgIpc) is 1.53. The van der Waals surface area contributed by atoms with Crippen molar-refractivity contribution in [3.8, 4) is 39.5 Å². The summed E-state index contributed by atoms with van der Waals surface area (Å²) in [4.78, 5) is 0. The van der Waals surface area contributed by atoms with E-state index in [1.807, 2.05) is 97.9 Å². The Hall–Kier alpha value is -8.82. The van der Waals surface area contributed by atoms with Crippen molar-refractivity contribution in [2.24, 2.45) is 0 Å². The molecule has 11 nitrogen and oxygen atoms in total. The Bertz CT molecular complexity index is 7520. The Morgan fingerprint density at radius 2 is 0.530 bits per heavy atom. The summed E-state index contributed by atoms with van der Waals surface area (Å²) in [5.74, 6) is 0.424. The van der Waals surface area contributed by atoms with Crippen molar-refractivity contribution in [1.82, 2.24) is 0 Å². The largest absolute Gasteiger partial charge is 0.508 e. The summed E-state index contributed by atoms with van der Waals surface area (Å²) in [6, 6.07) is 115. The lowest BCUT2D eigenvalue weighted by Gasteiger charge is -2.34. The van der Waals surface area contributed by atoms with E-state index in [0.29, 0.717) is 19.7 Å². The predicted octanol–water partition coefficient (Wildman–Crippen LogP) is 34.4. The SMILES string of the molecule is Brc1c2ccccc2c(Br)c2ccccc12.Brc1ccc(Br)c2ccccc12.CC1(C)OB(c2cc(O)cc(B3OC(C)(C)C(C)(C)O3)c2)OC1(C)C.CC1(C)OB(c2ccc(B3OC(C)(C)C(C)(C)O3)c3ccccc23)OC1(C)C.Cc1ccc2c(c1)C(c1ccccc1)(c1ccccc1)c1cc(Br)ccc1-2.Cc1ccc2c(c1)Cc1cc(Br)ccc1-2.Cc1ccc2cc(Br)ccc2c1.Oc1c(Br)ccc2c(O)c(Br)ccc12. The summed E-state index contributed by atoms with van der Waals surface area (Å²) in [5.41, 5.74) is 17.7. The summed E-state index contributed by atoms with van der Waals surface area (Å²) < 4.78 is 58.9. The molecule has 18 aromatic carbocycles. The first-order valence-electron chi connectivity index (χ1n) is 49.7. The van der Waals surface area contributed by atoms with Crippen molar-refractivity contribution in [3.63, 3.8) is 0 Å². The minimum absolute atomic E-state index is 0.136. The quantitative estimate of drug-likeness (QED) is 0.108. The van der Waals surface area contributed by atoms with E-state index in [0.717, 1.165) is 56.9 Å². The number of benzene rings is 18. The van der Waals surface area contributed by atoms with Crippen LogP contribution in [0.15, 0.2) is 374 Å². The lowest BCUT2D eigenvalue weighted by atomic mass is 9.67. The Labute approximate surface area is 952 Å². The number of hydrogen-bond acceptors (Lipinski definition) is 11. The lowest BCUT2D eigenvalue weighted by molar-refractivity contribution is 0.00578. The van der Waals surface area contributed by atoms with Gasteiger partial charge in [-0.3, -0.25) is 0 Å². The molecule has 0 unspecified atom stereocenters. The van der Waals surface area contributed by atoms with Crippen LogP contribution in [0.5, 0.6) is 17.2 Å². The van der Waals surface area contributed by atoms with Crippen molar-refractivity contribution in [2.75, 3.05) is 0 Å². The van der Waals surface area contributed by atoms with Crippen LogP contribution in [0.2, 0.25) is 0 Å². The van der Waals surface area contributed by atoms with Crippen molar-refractivity contribution in [1.29, 1.82) is 0 Å². The van der Waals surface area contributed by atoms with Crippen LogP contribution in [0.1, 0.15) is 161 Å². The molecule has 4 saturated heterocycles. The molecule has 24 heteroatoms. The van der Waals surface area contributed by atoms with Gasteiger partial charge < -0.3 is 52.6 Å². The lowest BCUT2D eigenvalue weighted by Crippen LogP contribution is -2.41. The molecule has 0 atom stereocenters. The van der Waals surface area contributed by atoms with Crippen molar-refractivity contribution in [3.05, 3.63) is 424 Å². The second-order valence-corrected chi connectivity index (χ2v) is 50.3. The monoisotopic (exact) mass is 2550 g/mol. The second kappa shape index (κ2) is 44.6. The van der Waals surface area contributed by atoms with Gasteiger partial charge in [0.1, 0.15) is 17.2 Å². The van der Waals surface area contributed by atoms with E-state index < -0.39 is 50.9 Å². The fourth-order valence-corrected chi connectivity index (χ4v) is 23.6. The van der Waals surface area contributed by atoms with E-state index in [2.05, 4.69) is 474 Å². The predicted molar refractivity (Wildman–Crippen MR) is 653 cm³/mol. The molecule has 0 amide bonds. The molecule has 6 aliphatic rings.